The summed E-state index contributed by atoms with van der Waals surface area (Å²) >= 11 is 1.85. The summed E-state index contributed by atoms with van der Waals surface area (Å²) in [4.78, 5) is 0. The van der Waals surface area contributed by atoms with Crippen molar-refractivity contribution in [3.63, 3.8) is 0 Å². The summed E-state index contributed by atoms with van der Waals surface area (Å²) in [5.41, 5.74) is 2.48. The van der Waals surface area contributed by atoms with Crippen LogP contribution in [0.15, 0.2) is 73.3 Å². The number of allylic oxidation sites excluding steroid dienone is 5. The minimum atomic E-state index is 1.21. The third-order valence-electron chi connectivity index (χ3n) is 3.36. The van der Waals surface area contributed by atoms with Crippen LogP contribution in [0.4, 0.5) is 0 Å². The molecule has 0 radical (unpaired) electrons. The zero-order valence-corrected chi connectivity index (χ0v) is 12.3. The molecule has 1 heterocycles. The first kappa shape index (κ1) is 12.9. The molecule has 0 N–H and O–H groups in total. The van der Waals surface area contributed by atoms with Crippen molar-refractivity contribution in [2.45, 2.75) is 6.92 Å². The average molecular weight is 276 g/mol. The zero-order chi connectivity index (χ0) is 13.9. The van der Waals surface area contributed by atoms with Gasteiger partial charge in [0.2, 0.25) is 0 Å². The van der Waals surface area contributed by atoms with Crippen LogP contribution in [0.25, 0.3) is 25.7 Å². The Hall–Kier alpha value is -2.12. The van der Waals surface area contributed by atoms with Crippen molar-refractivity contribution >= 4 is 37.1 Å². The van der Waals surface area contributed by atoms with Crippen molar-refractivity contribution in [2.24, 2.45) is 0 Å². The summed E-state index contributed by atoms with van der Waals surface area (Å²) in [5.74, 6) is 0. The predicted octanol–water partition coefficient (Wildman–Crippen LogP) is 6.20. The topological polar surface area (TPSA) is 0 Å². The van der Waals surface area contributed by atoms with E-state index >= 15 is 0 Å². The van der Waals surface area contributed by atoms with E-state index in [2.05, 4.69) is 67.3 Å². The molecule has 0 bridgehead atoms. The molecule has 0 saturated heterocycles. The second-order valence-electron chi connectivity index (χ2n) is 4.63. The maximum Gasteiger partial charge on any atom is 0.0361 e. The minimum Gasteiger partial charge on any atom is -0.135 e. The maximum absolute atomic E-state index is 3.83. The molecule has 0 aliphatic carbocycles. The Morgan fingerprint density at radius 2 is 1.85 bits per heavy atom. The Kier molecular flexibility index (Phi) is 3.53. The summed E-state index contributed by atoms with van der Waals surface area (Å²) in [7, 11) is 0. The molecule has 1 heteroatoms. The molecule has 2 aromatic carbocycles. The van der Waals surface area contributed by atoms with E-state index in [9.17, 15) is 0 Å². The lowest BCUT2D eigenvalue weighted by molar-refractivity contribution is 1.68. The standard InChI is InChI=1S/C19H16S/c1-3-8-14(9-4-2)15-11-7-13-18-19(15)16-10-5-6-12-17(16)20-18/h3-13H,1H2,2H3/b9-4-,14-8+. The Labute approximate surface area is 123 Å². The largest absolute Gasteiger partial charge is 0.135 e. The summed E-state index contributed by atoms with van der Waals surface area (Å²) in [6, 6.07) is 15.1. The van der Waals surface area contributed by atoms with Gasteiger partial charge in [-0.1, -0.05) is 61.2 Å². The molecule has 0 nitrogen and oxygen atoms in total. The molecule has 0 amide bonds. The van der Waals surface area contributed by atoms with Crippen LogP contribution in [0.5, 0.6) is 0 Å². The number of rotatable bonds is 3. The van der Waals surface area contributed by atoms with Gasteiger partial charge >= 0.3 is 0 Å². The van der Waals surface area contributed by atoms with E-state index in [0.717, 1.165) is 0 Å². The van der Waals surface area contributed by atoms with Crippen molar-refractivity contribution in [1.82, 2.24) is 0 Å². The van der Waals surface area contributed by atoms with Gasteiger partial charge in [0.15, 0.2) is 0 Å². The van der Waals surface area contributed by atoms with E-state index in [1.165, 1.54) is 31.3 Å². The van der Waals surface area contributed by atoms with Gasteiger partial charge in [-0.3, -0.25) is 0 Å². The molecule has 0 aliphatic rings. The number of hydrogen-bond acceptors (Lipinski definition) is 1. The quantitative estimate of drug-likeness (QED) is 0.499. The monoisotopic (exact) mass is 276 g/mol. The molecule has 0 fully saturated rings. The first-order valence-corrected chi connectivity index (χ1v) is 7.53. The SMILES string of the molecule is C=C/C=C(\C=C/C)c1cccc2sc3ccccc3c12. The van der Waals surface area contributed by atoms with Gasteiger partial charge in [-0.05, 0) is 30.2 Å². The molecule has 0 unspecified atom stereocenters. The van der Waals surface area contributed by atoms with E-state index in [-0.39, 0.29) is 0 Å². The summed E-state index contributed by atoms with van der Waals surface area (Å²) < 4.78 is 2.68. The van der Waals surface area contributed by atoms with Crippen LogP contribution in [0.1, 0.15) is 12.5 Å². The van der Waals surface area contributed by atoms with Crippen molar-refractivity contribution < 1.29 is 0 Å². The highest BCUT2D eigenvalue weighted by atomic mass is 32.1. The fourth-order valence-electron chi connectivity index (χ4n) is 2.56. The van der Waals surface area contributed by atoms with Crippen molar-refractivity contribution in [1.29, 1.82) is 0 Å². The lowest BCUT2D eigenvalue weighted by atomic mass is 9.99. The third kappa shape index (κ3) is 2.10. The lowest BCUT2D eigenvalue weighted by Gasteiger charge is -2.05. The van der Waals surface area contributed by atoms with Gasteiger partial charge in [0.05, 0.1) is 0 Å². The van der Waals surface area contributed by atoms with Gasteiger partial charge in [-0.25, -0.2) is 0 Å². The summed E-state index contributed by atoms with van der Waals surface area (Å²) in [5, 5.41) is 2.68. The van der Waals surface area contributed by atoms with E-state index in [1.54, 1.807) is 0 Å². The van der Waals surface area contributed by atoms with Crippen LogP contribution in [-0.4, -0.2) is 0 Å². The fourth-order valence-corrected chi connectivity index (χ4v) is 3.69. The highest BCUT2D eigenvalue weighted by Gasteiger charge is 2.10. The number of hydrogen-bond donors (Lipinski definition) is 0. The Morgan fingerprint density at radius 1 is 1.05 bits per heavy atom. The minimum absolute atomic E-state index is 1.21. The molecular formula is C19H16S. The highest BCUT2D eigenvalue weighted by molar-refractivity contribution is 7.25. The Balaban J connectivity index is 2.41. The predicted molar refractivity (Wildman–Crippen MR) is 92.3 cm³/mol. The normalized spacial score (nSPS) is 12.6. The molecule has 0 spiro atoms. The van der Waals surface area contributed by atoms with Crippen LogP contribution in [0, 0.1) is 0 Å². The molecule has 0 aliphatic heterocycles. The molecule has 1 aromatic heterocycles. The molecule has 0 saturated carbocycles. The van der Waals surface area contributed by atoms with Gasteiger partial charge in [0.25, 0.3) is 0 Å². The zero-order valence-electron chi connectivity index (χ0n) is 11.5. The van der Waals surface area contributed by atoms with Crippen molar-refractivity contribution in [3.8, 4) is 0 Å². The molecule has 20 heavy (non-hydrogen) atoms. The van der Waals surface area contributed by atoms with Crippen molar-refractivity contribution in [2.75, 3.05) is 0 Å². The summed E-state index contributed by atoms with van der Waals surface area (Å²) in [6.45, 7) is 5.88. The van der Waals surface area contributed by atoms with E-state index in [1.807, 2.05) is 24.3 Å². The van der Waals surface area contributed by atoms with Gasteiger partial charge in [0.1, 0.15) is 0 Å². The third-order valence-corrected chi connectivity index (χ3v) is 4.49. The van der Waals surface area contributed by atoms with Crippen LogP contribution >= 0.6 is 11.3 Å². The Morgan fingerprint density at radius 3 is 2.65 bits per heavy atom. The van der Waals surface area contributed by atoms with Crippen LogP contribution in [0.3, 0.4) is 0 Å². The maximum atomic E-state index is 3.83. The van der Waals surface area contributed by atoms with Gasteiger partial charge in [-0.15, -0.1) is 11.3 Å². The van der Waals surface area contributed by atoms with E-state index in [0.29, 0.717) is 0 Å². The molecular weight excluding hydrogens is 260 g/mol. The van der Waals surface area contributed by atoms with E-state index < -0.39 is 0 Å². The number of benzene rings is 2. The summed E-state index contributed by atoms with van der Waals surface area (Å²) in [6.07, 6.45) is 8.13. The first-order valence-electron chi connectivity index (χ1n) is 6.71. The molecule has 98 valence electrons. The lowest BCUT2D eigenvalue weighted by Crippen LogP contribution is -1.82. The van der Waals surface area contributed by atoms with Crippen LogP contribution in [-0.2, 0) is 0 Å². The number of fused-ring (bicyclic) bond motifs is 3. The van der Waals surface area contributed by atoms with Crippen LogP contribution < -0.4 is 0 Å². The smallest absolute Gasteiger partial charge is 0.0361 e. The molecule has 0 atom stereocenters. The number of thiophene rings is 1. The van der Waals surface area contributed by atoms with Gasteiger partial charge in [-0.2, -0.15) is 0 Å². The fraction of sp³-hybridized carbons (Fsp3) is 0.0526. The molecule has 3 aromatic rings. The van der Waals surface area contributed by atoms with Crippen molar-refractivity contribution in [3.05, 3.63) is 78.9 Å². The van der Waals surface area contributed by atoms with Gasteiger partial charge < -0.3 is 0 Å². The Bertz CT molecular complexity index is 831. The first-order chi connectivity index (χ1) is 9.85. The van der Waals surface area contributed by atoms with Crippen LogP contribution in [0.2, 0.25) is 0 Å². The van der Waals surface area contributed by atoms with E-state index in [4.69, 9.17) is 0 Å². The average Bonchev–Trinajstić information content (AvgIpc) is 2.85. The second kappa shape index (κ2) is 5.48. The molecule has 3 rings (SSSR count). The highest BCUT2D eigenvalue weighted by Crippen LogP contribution is 2.38. The second-order valence-corrected chi connectivity index (χ2v) is 5.72. The van der Waals surface area contributed by atoms with Gasteiger partial charge in [0, 0.05) is 20.2 Å².